The molecule has 5 heteroatoms. The average molecular weight is 487 g/mol. The van der Waals surface area contributed by atoms with Crippen molar-refractivity contribution in [2.45, 2.75) is 90.8 Å². The molecule has 0 aromatic heterocycles. The van der Waals surface area contributed by atoms with E-state index >= 15 is 0 Å². The first-order valence-corrected chi connectivity index (χ1v) is 13.0. The largest absolute Gasteiger partial charge is 0.396 e. The smallest absolute Gasteiger partial charge is 0.145 e. The zero-order valence-electron chi connectivity index (χ0n) is 22.1. The minimum absolute atomic E-state index is 0.00316. The Morgan fingerprint density at radius 2 is 1.91 bits per heavy atom. The van der Waals surface area contributed by atoms with Gasteiger partial charge in [0.05, 0.1) is 18.3 Å². The lowest BCUT2D eigenvalue weighted by atomic mass is 9.52. The van der Waals surface area contributed by atoms with E-state index in [0.29, 0.717) is 44.1 Å². The predicted molar refractivity (Wildman–Crippen MR) is 142 cm³/mol. The van der Waals surface area contributed by atoms with Crippen LogP contribution in [0.3, 0.4) is 0 Å². The van der Waals surface area contributed by atoms with Crippen molar-refractivity contribution in [3.8, 4) is 0 Å². The summed E-state index contributed by atoms with van der Waals surface area (Å²) in [5.41, 5.74) is 2.79. The molecule has 0 heterocycles. The van der Waals surface area contributed by atoms with E-state index in [1.807, 2.05) is 32.1 Å². The van der Waals surface area contributed by atoms with Gasteiger partial charge in [-0.25, -0.2) is 0 Å². The summed E-state index contributed by atoms with van der Waals surface area (Å²) in [5, 5.41) is 42.6. The van der Waals surface area contributed by atoms with Crippen LogP contribution in [0.15, 0.2) is 58.7 Å². The minimum Gasteiger partial charge on any atom is -0.396 e. The van der Waals surface area contributed by atoms with E-state index in [9.17, 15) is 25.2 Å². The molecule has 2 saturated carbocycles. The average Bonchev–Trinajstić information content (AvgIpc) is 3.16. The van der Waals surface area contributed by atoms with Gasteiger partial charge in [0.25, 0.3) is 0 Å². The van der Waals surface area contributed by atoms with E-state index in [4.69, 9.17) is 0 Å². The second-order valence-corrected chi connectivity index (χ2v) is 10.9. The summed E-state index contributed by atoms with van der Waals surface area (Å²) >= 11 is 0. The van der Waals surface area contributed by atoms with Gasteiger partial charge >= 0.3 is 0 Å². The Morgan fingerprint density at radius 1 is 1.20 bits per heavy atom. The second kappa shape index (κ2) is 13.0. The van der Waals surface area contributed by atoms with Crippen LogP contribution >= 0.6 is 0 Å². The first-order valence-electron chi connectivity index (χ1n) is 13.0. The van der Waals surface area contributed by atoms with Crippen molar-refractivity contribution in [3.05, 3.63) is 58.7 Å². The summed E-state index contributed by atoms with van der Waals surface area (Å²) in [5.74, 6) is -0.377. The van der Waals surface area contributed by atoms with Gasteiger partial charge in [-0.15, -0.1) is 0 Å². The third kappa shape index (κ3) is 6.51. The fourth-order valence-electron chi connectivity index (χ4n) is 6.35. The Morgan fingerprint density at radius 3 is 2.51 bits per heavy atom. The Hall–Kier alpha value is -1.79. The lowest BCUT2D eigenvalue weighted by Crippen LogP contribution is -2.59. The lowest BCUT2D eigenvalue weighted by Gasteiger charge is -2.55. The molecule has 1 spiro atoms. The lowest BCUT2D eigenvalue weighted by molar-refractivity contribution is -0.167. The van der Waals surface area contributed by atoms with Crippen molar-refractivity contribution >= 4 is 6.29 Å². The van der Waals surface area contributed by atoms with Crippen LogP contribution in [0.4, 0.5) is 0 Å². The monoisotopic (exact) mass is 486 g/mol. The number of hydrogen-bond donors (Lipinski definition) is 4. The van der Waals surface area contributed by atoms with Crippen LogP contribution in [-0.2, 0) is 4.79 Å². The highest BCUT2D eigenvalue weighted by atomic mass is 16.3. The molecule has 0 radical (unpaired) electrons. The van der Waals surface area contributed by atoms with Crippen LogP contribution < -0.4 is 0 Å². The van der Waals surface area contributed by atoms with Crippen LogP contribution in [0.5, 0.6) is 0 Å². The maximum atomic E-state index is 11.7. The van der Waals surface area contributed by atoms with E-state index in [-0.39, 0.29) is 25.0 Å². The summed E-state index contributed by atoms with van der Waals surface area (Å²) in [6.07, 6.45) is 13.2. The number of allylic oxidation sites excluding steroid dienone is 7. The molecule has 0 aliphatic heterocycles. The van der Waals surface area contributed by atoms with Gasteiger partial charge in [-0.1, -0.05) is 42.0 Å². The number of aliphatic hydroxyl groups excluding tert-OH is 3. The summed E-state index contributed by atoms with van der Waals surface area (Å²) in [4.78, 5) is 11.7. The normalized spacial score (nSPS) is 32.8. The van der Waals surface area contributed by atoms with Crippen LogP contribution in [0.1, 0.15) is 79.1 Å². The van der Waals surface area contributed by atoms with Crippen molar-refractivity contribution in [1.29, 1.82) is 0 Å². The van der Waals surface area contributed by atoms with Crippen LogP contribution in [-0.4, -0.2) is 51.6 Å². The van der Waals surface area contributed by atoms with Crippen LogP contribution in [0.25, 0.3) is 0 Å². The van der Waals surface area contributed by atoms with Gasteiger partial charge in [-0.3, -0.25) is 4.79 Å². The number of hydrogen-bond acceptors (Lipinski definition) is 5. The van der Waals surface area contributed by atoms with Crippen molar-refractivity contribution in [2.24, 2.45) is 17.3 Å². The van der Waals surface area contributed by atoms with Gasteiger partial charge in [-0.2, -0.15) is 0 Å². The van der Waals surface area contributed by atoms with Gasteiger partial charge in [0.1, 0.15) is 6.29 Å². The zero-order valence-corrected chi connectivity index (χ0v) is 22.1. The van der Waals surface area contributed by atoms with Gasteiger partial charge in [0, 0.05) is 17.9 Å². The van der Waals surface area contributed by atoms with Gasteiger partial charge < -0.3 is 20.4 Å². The topological polar surface area (TPSA) is 98.0 Å². The molecule has 5 atom stereocenters. The number of rotatable bonds is 11. The maximum Gasteiger partial charge on any atom is 0.145 e. The molecular weight excluding hydrogens is 440 g/mol. The van der Waals surface area contributed by atoms with E-state index in [1.165, 1.54) is 5.57 Å². The molecule has 0 unspecified atom stereocenters. The molecule has 196 valence electrons. The van der Waals surface area contributed by atoms with Crippen molar-refractivity contribution in [3.63, 3.8) is 0 Å². The second-order valence-electron chi connectivity index (χ2n) is 10.9. The van der Waals surface area contributed by atoms with E-state index in [0.717, 1.165) is 35.8 Å². The molecule has 5 nitrogen and oxygen atoms in total. The molecule has 4 N–H and O–H groups in total. The Kier molecular flexibility index (Phi) is 10.9. The molecule has 0 aromatic rings. The number of aldehydes is 1. The zero-order chi connectivity index (χ0) is 26.2. The van der Waals surface area contributed by atoms with Crippen LogP contribution in [0, 0.1) is 17.3 Å². The van der Waals surface area contributed by atoms with E-state index < -0.39 is 17.1 Å². The maximum absolute atomic E-state index is 11.7. The molecule has 2 aliphatic carbocycles. The Labute approximate surface area is 211 Å². The third-order valence-corrected chi connectivity index (χ3v) is 8.38. The summed E-state index contributed by atoms with van der Waals surface area (Å²) in [6, 6.07) is 0. The Balaban J connectivity index is 2.30. The number of carbonyl (C=O) groups is 1. The van der Waals surface area contributed by atoms with Gasteiger partial charge in [-0.05, 0) is 102 Å². The van der Waals surface area contributed by atoms with Crippen LogP contribution in [0.2, 0.25) is 0 Å². The molecule has 35 heavy (non-hydrogen) atoms. The first-order chi connectivity index (χ1) is 16.6. The minimum atomic E-state index is -1.09. The molecule has 2 fully saturated rings. The molecule has 0 saturated heterocycles. The van der Waals surface area contributed by atoms with Gasteiger partial charge in [0.15, 0.2) is 0 Å². The van der Waals surface area contributed by atoms with Crippen molar-refractivity contribution in [1.82, 2.24) is 0 Å². The third-order valence-electron chi connectivity index (χ3n) is 8.38. The molecule has 2 aliphatic rings. The molecule has 0 bridgehead atoms. The highest BCUT2D eigenvalue weighted by Gasteiger charge is 2.63. The first kappa shape index (κ1) is 29.4. The standard InChI is InChI=1S/C30H46O5/c1-21(2)9-6-11-24(20-33)12-7-10-22(3)26-15-17-30(28(26)34)27(13-8-18-31)25(23(4)19-32)14-16-29(30,5)35/h7,9-10,12,19,26-28,31,33-35H,3,6,8,11,13-18,20H2,1-2,4-5H3/b10-7+,24-12-,25-23-/t26-,27-,28+,29+,30+/m1/s1. The van der Waals surface area contributed by atoms with Crippen molar-refractivity contribution < 1.29 is 25.2 Å². The summed E-state index contributed by atoms with van der Waals surface area (Å²) < 4.78 is 0. The van der Waals surface area contributed by atoms with E-state index in [1.54, 1.807) is 0 Å². The van der Waals surface area contributed by atoms with E-state index in [2.05, 4.69) is 26.5 Å². The van der Waals surface area contributed by atoms with Crippen molar-refractivity contribution in [2.75, 3.05) is 13.2 Å². The molecule has 0 aromatic carbocycles. The SMILES string of the molecule is C=C(/C=C/C=C(\CO)CCC=C(C)C)[C@H]1CC[C@]2([C@H](CCCO)/C(=C(/C)C=O)CC[C@]2(C)O)[C@H]1O. The fourth-order valence-corrected chi connectivity index (χ4v) is 6.35. The molecule has 0 amide bonds. The molecular formula is C30H46O5. The number of carbonyl (C=O) groups excluding carboxylic acids is 1. The van der Waals surface area contributed by atoms with Gasteiger partial charge in [0.2, 0.25) is 0 Å². The fraction of sp³-hybridized carbons (Fsp3) is 0.633. The highest BCUT2D eigenvalue weighted by molar-refractivity contribution is 5.74. The quantitative estimate of drug-likeness (QED) is 0.143. The summed E-state index contributed by atoms with van der Waals surface area (Å²) in [7, 11) is 0. The number of aliphatic hydroxyl groups is 4. The predicted octanol–water partition coefficient (Wildman–Crippen LogP) is 4.97. The highest BCUT2D eigenvalue weighted by Crippen LogP contribution is 2.62. The summed E-state index contributed by atoms with van der Waals surface area (Å²) in [6.45, 7) is 12.0. The molecule has 2 rings (SSSR count). The Bertz CT molecular complexity index is 871.